The molecule has 0 radical (unpaired) electrons. The van der Waals surface area contributed by atoms with Gasteiger partial charge in [0.2, 0.25) is 0 Å². The highest BCUT2D eigenvalue weighted by Gasteiger charge is 2.23. The minimum Gasteiger partial charge on any atom is -0.378 e. The Morgan fingerprint density at radius 3 is 3.14 bits per heavy atom. The van der Waals surface area contributed by atoms with Crippen molar-refractivity contribution in [3.05, 3.63) is 42.1 Å². The van der Waals surface area contributed by atoms with Crippen molar-refractivity contribution in [2.75, 3.05) is 32.8 Å². The number of aromatic nitrogens is 1. The highest BCUT2D eigenvalue weighted by atomic mass is 16.5. The number of hydrogen-bond donors (Lipinski definition) is 1. The van der Waals surface area contributed by atoms with Gasteiger partial charge in [-0.15, -0.1) is 0 Å². The summed E-state index contributed by atoms with van der Waals surface area (Å²) in [5.41, 5.74) is 2.43. The highest BCUT2D eigenvalue weighted by molar-refractivity contribution is 5.81. The topological polar surface area (TPSA) is 37.4 Å². The predicted octanol–water partition coefficient (Wildman–Crippen LogP) is 2.05. The lowest BCUT2D eigenvalue weighted by atomic mass is 10.1. The third-order valence-corrected chi connectivity index (χ3v) is 4.09. The van der Waals surface area contributed by atoms with Gasteiger partial charge in [-0.3, -0.25) is 9.88 Å². The SMILES string of the molecule is CCNCC1COCCN1Cc1ccnc2ccccc12. The maximum absolute atomic E-state index is 5.64. The van der Waals surface area contributed by atoms with Crippen molar-refractivity contribution < 1.29 is 4.74 Å². The summed E-state index contributed by atoms with van der Waals surface area (Å²) in [5.74, 6) is 0. The Bertz CT molecular complexity index is 582. The van der Waals surface area contributed by atoms with Crippen LogP contribution in [0.1, 0.15) is 12.5 Å². The maximum Gasteiger partial charge on any atom is 0.0705 e. The molecule has 0 bridgehead atoms. The van der Waals surface area contributed by atoms with Crippen LogP contribution in [0.4, 0.5) is 0 Å². The monoisotopic (exact) mass is 285 g/mol. The molecule has 2 heterocycles. The molecule has 1 aliphatic heterocycles. The average Bonchev–Trinajstić information content (AvgIpc) is 2.54. The van der Waals surface area contributed by atoms with E-state index in [1.54, 1.807) is 0 Å². The van der Waals surface area contributed by atoms with Crippen LogP contribution >= 0.6 is 0 Å². The van der Waals surface area contributed by atoms with Crippen LogP contribution in [0.15, 0.2) is 36.5 Å². The molecule has 1 saturated heterocycles. The van der Waals surface area contributed by atoms with Crippen LogP contribution in [0.25, 0.3) is 10.9 Å². The Morgan fingerprint density at radius 1 is 1.33 bits per heavy atom. The van der Waals surface area contributed by atoms with Crippen molar-refractivity contribution in [1.29, 1.82) is 0 Å². The number of benzene rings is 1. The first-order chi connectivity index (χ1) is 10.4. The fraction of sp³-hybridized carbons (Fsp3) is 0.471. The van der Waals surface area contributed by atoms with Crippen LogP contribution in [-0.2, 0) is 11.3 Å². The molecule has 1 N–H and O–H groups in total. The van der Waals surface area contributed by atoms with Crippen LogP contribution in [0.3, 0.4) is 0 Å². The molecule has 1 fully saturated rings. The Balaban J connectivity index is 1.79. The molecule has 0 amide bonds. The molecule has 1 aromatic heterocycles. The summed E-state index contributed by atoms with van der Waals surface area (Å²) in [5, 5.41) is 4.69. The van der Waals surface area contributed by atoms with Gasteiger partial charge in [0.25, 0.3) is 0 Å². The minimum absolute atomic E-state index is 0.450. The molecule has 0 aliphatic carbocycles. The van der Waals surface area contributed by atoms with Crippen LogP contribution in [0.5, 0.6) is 0 Å². The molecule has 1 aliphatic rings. The van der Waals surface area contributed by atoms with Crippen molar-refractivity contribution >= 4 is 10.9 Å². The summed E-state index contributed by atoms with van der Waals surface area (Å²) in [6.45, 7) is 7.73. The van der Waals surface area contributed by atoms with E-state index in [0.29, 0.717) is 6.04 Å². The number of ether oxygens (including phenoxy) is 1. The molecule has 0 spiro atoms. The lowest BCUT2D eigenvalue weighted by Gasteiger charge is -2.36. The molecule has 21 heavy (non-hydrogen) atoms. The lowest BCUT2D eigenvalue weighted by Crippen LogP contribution is -2.49. The van der Waals surface area contributed by atoms with E-state index in [-0.39, 0.29) is 0 Å². The first-order valence-electron chi connectivity index (χ1n) is 7.73. The second kappa shape index (κ2) is 6.98. The second-order valence-electron chi connectivity index (χ2n) is 5.49. The Hall–Kier alpha value is -1.49. The van der Waals surface area contributed by atoms with Crippen molar-refractivity contribution in [3.8, 4) is 0 Å². The maximum atomic E-state index is 5.64. The number of fused-ring (bicyclic) bond motifs is 1. The van der Waals surface area contributed by atoms with E-state index in [4.69, 9.17) is 4.74 Å². The number of rotatable bonds is 5. The fourth-order valence-corrected chi connectivity index (χ4v) is 2.91. The molecular formula is C17H23N3O. The molecule has 1 atom stereocenters. The van der Waals surface area contributed by atoms with Crippen LogP contribution in [0, 0.1) is 0 Å². The van der Waals surface area contributed by atoms with Gasteiger partial charge in [-0.05, 0) is 24.2 Å². The van der Waals surface area contributed by atoms with E-state index in [1.165, 1.54) is 10.9 Å². The smallest absolute Gasteiger partial charge is 0.0705 e. The van der Waals surface area contributed by atoms with Crippen molar-refractivity contribution in [2.24, 2.45) is 0 Å². The summed E-state index contributed by atoms with van der Waals surface area (Å²) in [6.07, 6.45) is 1.91. The molecule has 1 aromatic carbocycles. The van der Waals surface area contributed by atoms with E-state index < -0.39 is 0 Å². The third-order valence-electron chi connectivity index (χ3n) is 4.09. The van der Waals surface area contributed by atoms with E-state index in [1.807, 2.05) is 12.3 Å². The summed E-state index contributed by atoms with van der Waals surface area (Å²) in [6, 6.07) is 11.0. The first kappa shape index (κ1) is 14.4. The Labute approximate surface area is 126 Å². The van der Waals surface area contributed by atoms with Crippen molar-refractivity contribution in [2.45, 2.75) is 19.5 Å². The lowest BCUT2D eigenvalue weighted by molar-refractivity contribution is -0.0105. The predicted molar refractivity (Wildman–Crippen MR) is 85.3 cm³/mol. The molecule has 4 nitrogen and oxygen atoms in total. The second-order valence-corrected chi connectivity index (χ2v) is 5.49. The molecule has 2 aromatic rings. The Morgan fingerprint density at radius 2 is 2.24 bits per heavy atom. The van der Waals surface area contributed by atoms with Gasteiger partial charge in [-0.1, -0.05) is 25.1 Å². The number of likely N-dealkylation sites (N-methyl/N-ethyl adjacent to an activating group) is 1. The number of para-hydroxylation sites is 1. The zero-order valence-corrected chi connectivity index (χ0v) is 12.6. The first-order valence-corrected chi connectivity index (χ1v) is 7.73. The number of pyridine rings is 1. The zero-order chi connectivity index (χ0) is 14.5. The fourth-order valence-electron chi connectivity index (χ4n) is 2.91. The molecule has 1 unspecified atom stereocenters. The summed E-state index contributed by atoms with van der Waals surface area (Å²) < 4.78 is 5.64. The zero-order valence-electron chi connectivity index (χ0n) is 12.6. The minimum atomic E-state index is 0.450. The van der Waals surface area contributed by atoms with Gasteiger partial charge in [-0.25, -0.2) is 0 Å². The van der Waals surface area contributed by atoms with Gasteiger partial charge in [0.05, 0.1) is 18.7 Å². The van der Waals surface area contributed by atoms with Gasteiger partial charge in [0, 0.05) is 37.3 Å². The summed E-state index contributed by atoms with van der Waals surface area (Å²) >= 11 is 0. The molecule has 4 heteroatoms. The van der Waals surface area contributed by atoms with Gasteiger partial charge in [-0.2, -0.15) is 0 Å². The molecule has 0 saturated carbocycles. The van der Waals surface area contributed by atoms with Gasteiger partial charge in [0.1, 0.15) is 0 Å². The molecular weight excluding hydrogens is 262 g/mol. The van der Waals surface area contributed by atoms with Crippen LogP contribution < -0.4 is 5.32 Å². The quantitative estimate of drug-likeness (QED) is 0.912. The number of nitrogens with one attached hydrogen (secondary N) is 1. The van der Waals surface area contributed by atoms with Gasteiger partial charge >= 0.3 is 0 Å². The summed E-state index contributed by atoms with van der Waals surface area (Å²) in [4.78, 5) is 6.97. The standard InChI is InChI=1S/C17H23N3O/c1-2-18-11-15-13-21-10-9-20(15)12-14-7-8-19-17-6-4-3-5-16(14)17/h3-8,15,18H,2,9-13H2,1H3. The van der Waals surface area contributed by atoms with Crippen molar-refractivity contribution in [3.63, 3.8) is 0 Å². The van der Waals surface area contributed by atoms with E-state index in [2.05, 4.69) is 46.4 Å². The average molecular weight is 285 g/mol. The largest absolute Gasteiger partial charge is 0.378 e. The third kappa shape index (κ3) is 3.40. The van der Waals surface area contributed by atoms with Crippen LogP contribution in [0.2, 0.25) is 0 Å². The van der Waals surface area contributed by atoms with Gasteiger partial charge in [0.15, 0.2) is 0 Å². The van der Waals surface area contributed by atoms with E-state index in [0.717, 1.165) is 44.9 Å². The molecule has 112 valence electrons. The molecule has 3 rings (SSSR count). The number of hydrogen-bond acceptors (Lipinski definition) is 4. The Kier molecular flexibility index (Phi) is 4.80. The van der Waals surface area contributed by atoms with Crippen molar-refractivity contribution in [1.82, 2.24) is 15.2 Å². The summed E-state index contributed by atoms with van der Waals surface area (Å²) in [7, 11) is 0. The van der Waals surface area contributed by atoms with Crippen LogP contribution in [-0.4, -0.2) is 48.8 Å². The van der Waals surface area contributed by atoms with E-state index in [9.17, 15) is 0 Å². The van der Waals surface area contributed by atoms with Gasteiger partial charge < -0.3 is 10.1 Å². The highest BCUT2D eigenvalue weighted by Crippen LogP contribution is 2.19. The number of nitrogens with zero attached hydrogens (tertiary/aromatic N) is 2. The normalized spacial score (nSPS) is 20.0. The number of morpholine rings is 1. The van der Waals surface area contributed by atoms with E-state index >= 15 is 0 Å².